The molecule has 19 heavy (non-hydrogen) atoms. The Morgan fingerprint density at radius 3 is 2.74 bits per heavy atom. The van der Waals surface area contributed by atoms with Crippen LogP contribution in [0.15, 0.2) is 28.8 Å². The van der Waals surface area contributed by atoms with Crippen LogP contribution in [0.4, 0.5) is 13.2 Å². The molecule has 0 radical (unpaired) electrons. The van der Waals surface area contributed by atoms with Gasteiger partial charge in [0.25, 0.3) is 0 Å². The van der Waals surface area contributed by atoms with Gasteiger partial charge in [-0.05, 0) is 12.1 Å². The predicted molar refractivity (Wildman–Crippen MR) is 56.1 cm³/mol. The van der Waals surface area contributed by atoms with Crippen LogP contribution in [0.2, 0.25) is 0 Å². The standard InChI is InChI=1S/C11H7F3N2O3/c12-11(13,14)7-3-1-2-6(4-7)10-15-8(19-16-10)5-9(17)18/h1-4H,5H2,(H,17,18). The van der Waals surface area contributed by atoms with E-state index in [1.54, 1.807) is 0 Å². The molecule has 5 nitrogen and oxygen atoms in total. The summed E-state index contributed by atoms with van der Waals surface area (Å²) in [7, 11) is 0. The van der Waals surface area contributed by atoms with E-state index >= 15 is 0 Å². The van der Waals surface area contributed by atoms with Crippen molar-refractivity contribution in [2.75, 3.05) is 0 Å². The van der Waals surface area contributed by atoms with Crippen LogP contribution in [0.25, 0.3) is 11.4 Å². The first-order chi connectivity index (χ1) is 8.86. The van der Waals surface area contributed by atoms with Crippen LogP contribution in [0.5, 0.6) is 0 Å². The lowest BCUT2D eigenvalue weighted by molar-refractivity contribution is -0.138. The minimum absolute atomic E-state index is 0.0812. The Morgan fingerprint density at radius 1 is 1.37 bits per heavy atom. The summed E-state index contributed by atoms with van der Waals surface area (Å²) in [6, 6.07) is 4.38. The van der Waals surface area contributed by atoms with Crippen molar-refractivity contribution in [2.45, 2.75) is 12.6 Å². The van der Waals surface area contributed by atoms with E-state index in [-0.39, 0.29) is 17.3 Å². The zero-order valence-corrected chi connectivity index (χ0v) is 9.31. The molecular formula is C11H7F3N2O3. The molecule has 2 aromatic rings. The van der Waals surface area contributed by atoms with Gasteiger partial charge in [-0.25, -0.2) is 0 Å². The molecule has 0 spiro atoms. The molecule has 1 aromatic carbocycles. The molecule has 2 rings (SSSR count). The van der Waals surface area contributed by atoms with Crippen LogP contribution in [0.1, 0.15) is 11.5 Å². The maximum atomic E-state index is 12.5. The van der Waals surface area contributed by atoms with E-state index in [2.05, 4.69) is 14.7 Å². The molecular weight excluding hydrogens is 265 g/mol. The van der Waals surface area contributed by atoms with Gasteiger partial charge in [-0.1, -0.05) is 17.3 Å². The van der Waals surface area contributed by atoms with Gasteiger partial charge in [0.05, 0.1) is 5.56 Å². The van der Waals surface area contributed by atoms with Crippen molar-refractivity contribution >= 4 is 5.97 Å². The van der Waals surface area contributed by atoms with Gasteiger partial charge in [-0.2, -0.15) is 18.2 Å². The molecule has 0 aliphatic carbocycles. The summed E-state index contributed by atoms with van der Waals surface area (Å²) >= 11 is 0. The number of benzene rings is 1. The molecule has 0 saturated heterocycles. The average Bonchev–Trinajstić information content (AvgIpc) is 2.76. The number of carbonyl (C=O) groups is 1. The molecule has 0 fully saturated rings. The van der Waals surface area contributed by atoms with Crippen LogP contribution in [-0.2, 0) is 17.4 Å². The van der Waals surface area contributed by atoms with Gasteiger partial charge in [0.2, 0.25) is 11.7 Å². The highest BCUT2D eigenvalue weighted by Crippen LogP contribution is 2.31. The van der Waals surface area contributed by atoms with E-state index in [0.717, 1.165) is 12.1 Å². The lowest BCUT2D eigenvalue weighted by atomic mass is 10.1. The first kappa shape index (κ1) is 13.1. The maximum Gasteiger partial charge on any atom is 0.416 e. The van der Waals surface area contributed by atoms with Gasteiger partial charge in [0.15, 0.2) is 0 Å². The Balaban J connectivity index is 2.32. The van der Waals surface area contributed by atoms with Crippen molar-refractivity contribution in [3.8, 4) is 11.4 Å². The number of rotatable bonds is 3. The number of alkyl halides is 3. The Bertz CT molecular complexity index is 607. The lowest BCUT2D eigenvalue weighted by Gasteiger charge is -2.06. The molecule has 0 bridgehead atoms. The second-order valence-electron chi connectivity index (χ2n) is 3.66. The number of nitrogens with zero attached hydrogens (tertiary/aromatic N) is 2. The quantitative estimate of drug-likeness (QED) is 0.928. The molecule has 1 heterocycles. The van der Waals surface area contributed by atoms with E-state index in [0.29, 0.717) is 0 Å². The van der Waals surface area contributed by atoms with Crippen molar-refractivity contribution in [2.24, 2.45) is 0 Å². The summed E-state index contributed by atoms with van der Waals surface area (Å²) in [5.41, 5.74) is -0.732. The third kappa shape index (κ3) is 3.09. The summed E-state index contributed by atoms with van der Waals surface area (Å²) < 4.78 is 42.2. The van der Waals surface area contributed by atoms with Gasteiger partial charge in [-0.15, -0.1) is 0 Å². The van der Waals surface area contributed by atoms with Gasteiger partial charge < -0.3 is 9.63 Å². The monoisotopic (exact) mass is 272 g/mol. The molecule has 0 aliphatic rings. The number of aliphatic carboxylic acids is 1. The topological polar surface area (TPSA) is 76.2 Å². The van der Waals surface area contributed by atoms with Crippen molar-refractivity contribution in [1.29, 1.82) is 0 Å². The van der Waals surface area contributed by atoms with Crippen molar-refractivity contribution in [3.63, 3.8) is 0 Å². The van der Waals surface area contributed by atoms with Crippen LogP contribution in [0, 0.1) is 0 Å². The average molecular weight is 272 g/mol. The normalized spacial score (nSPS) is 11.5. The largest absolute Gasteiger partial charge is 0.481 e. The molecule has 0 saturated carbocycles. The van der Waals surface area contributed by atoms with Crippen molar-refractivity contribution in [1.82, 2.24) is 10.1 Å². The van der Waals surface area contributed by atoms with Gasteiger partial charge >= 0.3 is 12.1 Å². The Morgan fingerprint density at radius 2 is 2.11 bits per heavy atom. The molecule has 0 unspecified atom stereocenters. The first-order valence-electron chi connectivity index (χ1n) is 5.08. The fourth-order valence-electron chi connectivity index (χ4n) is 1.41. The molecule has 0 aliphatic heterocycles. The molecule has 0 amide bonds. The smallest absolute Gasteiger partial charge is 0.416 e. The highest BCUT2D eigenvalue weighted by atomic mass is 19.4. The minimum Gasteiger partial charge on any atom is -0.481 e. The number of carboxylic acids is 1. The summed E-state index contributed by atoms with van der Waals surface area (Å²) in [5.74, 6) is -1.42. The molecule has 8 heteroatoms. The predicted octanol–water partition coefficient (Wildman–Crippen LogP) is 2.38. The first-order valence-corrected chi connectivity index (χ1v) is 5.08. The van der Waals surface area contributed by atoms with Crippen LogP contribution in [0.3, 0.4) is 0 Å². The molecule has 1 aromatic heterocycles. The Hall–Kier alpha value is -2.38. The van der Waals surface area contributed by atoms with Crippen molar-refractivity contribution < 1.29 is 27.6 Å². The number of hydrogen-bond donors (Lipinski definition) is 1. The number of carboxylic acid groups (broad SMARTS) is 1. The zero-order valence-electron chi connectivity index (χ0n) is 9.31. The third-order valence-corrected chi connectivity index (χ3v) is 2.22. The highest BCUT2D eigenvalue weighted by molar-refractivity contribution is 5.69. The fourth-order valence-corrected chi connectivity index (χ4v) is 1.41. The molecule has 100 valence electrons. The summed E-state index contributed by atoms with van der Waals surface area (Å²) in [5, 5.41) is 12.0. The van der Waals surface area contributed by atoms with E-state index in [1.807, 2.05) is 0 Å². The fraction of sp³-hybridized carbons (Fsp3) is 0.182. The molecule has 1 N–H and O–H groups in total. The Labute approximate surface area is 104 Å². The van der Waals surface area contributed by atoms with E-state index < -0.39 is 24.1 Å². The van der Waals surface area contributed by atoms with Crippen LogP contribution >= 0.6 is 0 Å². The van der Waals surface area contributed by atoms with Crippen molar-refractivity contribution in [3.05, 3.63) is 35.7 Å². The number of halogens is 3. The highest BCUT2D eigenvalue weighted by Gasteiger charge is 2.30. The van der Waals surface area contributed by atoms with E-state index in [9.17, 15) is 18.0 Å². The number of aromatic nitrogens is 2. The second kappa shape index (κ2) is 4.71. The second-order valence-corrected chi connectivity index (χ2v) is 3.66. The summed E-state index contributed by atoms with van der Waals surface area (Å²) in [4.78, 5) is 14.1. The summed E-state index contributed by atoms with van der Waals surface area (Å²) in [6.45, 7) is 0. The van der Waals surface area contributed by atoms with Gasteiger partial charge in [0.1, 0.15) is 6.42 Å². The van der Waals surface area contributed by atoms with E-state index in [4.69, 9.17) is 5.11 Å². The maximum absolute atomic E-state index is 12.5. The summed E-state index contributed by atoms with van der Waals surface area (Å²) in [6.07, 6.45) is -4.95. The zero-order chi connectivity index (χ0) is 14.0. The lowest BCUT2D eigenvalue weighted by Crippen LogP contribution is -2.04. The van der Waals surface area contributed by atoms with Gasteiger partial charge in [0, 0.05) is 5.56 Å². The molecule has 0 atom stereocenters. The Kier molecular flexibility index (Phi) is 3.24. The van der Waals surface area contributed by atoms with Gasteiger partial charge in [-0.3, -0.25) is 4.79 Å². The third-order valence-electron chi connectivity index (χ3n) is 2.22. The van der Waals surface area contributed by atoms with Crippen LogP contribution < -0.4 is 0 Å². The number of hydrogen-bond acceptors (Lipinski definition) is 4. The minimum atomic E-state index is -4.47. The van der Waals surface area contributed by atoms with E-state index in [1.165, 1.54) is 12.1 Å². The van der Waals surface area contributed by atoms with Crippen LogP contribution in [-0.4, -0.2) is 21.2 Å². The SMILES string of the molecule is O=C(O)Cc1nc(-c2cccc(C(F)(F)F)c2)no1.